The Morgan fingerprint density at radius 3 is 2.89 bits per heavy atom. The molecular weight excluding hydrogens is 244 g/mol. The Morgan fingerprint density at radius 1 is 1.42 bits per heavy atom. The van der Waals surface area contributed by atoms with Gasteiger partial charge in [0.05, 0.1) is 6.61 Å². The summed E-state index contributed by atoms with van der Waals surface area (Å²) in [4.78, 5) is 0. The molecule has 2 aliphatic heterocycles. The number of ether oxygens (including phenoxy) is 3. The van der Waals surface area contributed by atoms with E-state index in [1.165, 1.54) is 0 Å². The molecule has 0 aromatic heterocycles. The fourth-order valence-electron chi connectivity index (χ4n) is 2.40. The minimum absolute atomic E-state index is 0.244. The minimum Gasteiger partial charge on any atom is -0.494 e. The maximum Gasteiger partial charge on any atom is 0.284 e. The van der Waals surface area contributed by atoms with Crippen molar-refractivity contribution in [3.8, 4) is 5.75 Å². The van der Waals surface area contributed by atoms with E-state index in [1.54, 1.807) is 0 Å². The fraction of sp³-hybridized carbons (Fsp3) is 0.500. The summed E-state index contributed by atoms with van der Waals surface area (Å²) in [7, 11) is 0. The van der Waals surface area contributed by atoms with Gasteiger partial charge in [-0.15, -0.1) is 0 Å². The third-order valence-electron chi connectivity index (χ3n) is 3.33. The molecule has 1 spiro atoms. The highest BCUT2D eigenvalue weighted by Gasteiger charge is 2.53. The smallest absolute Gasteiger partial charge is 0.284 e. The lowest BCUT2D eigenvalue weighted by molar-refractivity contribution is -0.461. The van der Waals surface area contributed by atoms with E-state index in [-0.39, 0.29) is 6.29 Å². The van der Waals surface area contributed by atoms with Crippen LogP contribution in [-0.4, -0.2) is 18.7 Å². The molecule has 0 amide bonds. The molecule has 0 unspecified atom stereocenters. The van der Waals surface area contributed by atoms with Crippen LogP contribution in [-0.2, 0) is 15.4 Å². The first-order valence-electron chi connectivity index (χ1n) is 6.64. The molecule has 2 N–H and O–H groups in total. The van der Waals surface area contributed by atoms with E-state index in [0.717, 1.165) is 29.7 Å². The highest BCUT2D eigenvalue weighted by Crippen LogP contribution is 2.42. The van der Waals surface area contributed by atoms with E-state index in [2.05, 4.69) is 12.2 Å². The van der Waals surface area contributed by atoms with Crippen molar-refractivity contribution >= 4 is 5.84 Å². The van der Waals surface area contributed by atoms with Crippen LogP contribution in [0.15, 0.2) is 18.2 Å². The lowest BCUT2D eigenvalue weighted by Crippen LogP contribution is -2.57. The highest BCUT2D eigenvalue weighted by molar-refractivity contribution is 6.01. The molecule has 5 heteroatoms. The first-order valence-corrected chi connectivity index (χ1v) is 6.64. The molecule has 1 saturated heterocycles. The Bertz CT molecular complexity index is 509. The Kier molecular flexibility index (Phi) is 2.95. The van der Waals surface area contributed by atoms with Gasteiger partial charge in [-0.05, 0) is 31.5 Å². The Morgan fingerprint density at radius 2 is 2.21 bits per heavy atom. The molecule has 0 saturated carbocycles. The number of hydrogen-bond acceptors (Lipinski definition) is 4. The lowest BCUT2D eigenvalue weighted by Gasteiger charge is -2.43. The van der Waals surface area contributed by atoms with Gasteiger partial charge >= 0.3 is 0 Å². The summed E-state index contributed by atoms with van der Waals surface area (Å²) in [5, 5.41) is 10.9. The van der Waals surface area contributed by atoms with Crippen molar-refractivity contribution in [2.45, 2.75) is 38.9 Å². The second-order valence-corrected chi connectivity index (χ2v) is 4.83. The van der Waals surface area contributed by atoms with E-state index in [0.29, 0.717) is 12.4 Å². The van der Waals surface area contributed by atoms with Crippen molar-refractivity contribution in [1.82, 2.24) is 5.32 Å². The Balaban J connectivity index is 1.82. The van der Waals surface area contributed by atoms with Crippen LogP contribution in [0.1, 0.15) is 37.8 Å². The molecule has 0 atom stereocenters. The van der Waals surface area contributed by atoms with E-state index in [1.807, 2.05) is 25.1 Å². The maximum absolute atomic E-state index is 7.97. The minimum atomic E-state index is -0.951. The van der Waals surface area contributed by atoms with Gasteiger partial charge in [-0.3, -0.25) is 14.9 Å². The Labute approximate surface area is 112 Å². The number of benzene rings is 1. The van der Waals surface area contributed by atoms with E-state index >= 15 is 0 Å². The number of nitrogens with one attached hydrogen (secondary N) is 2. The zero-order chi connectivity index (χ0) is 13.5. The van der Waals surface area contributed by atoms with Gasteiger partial charge in [0.1, 0.15) is 11.6 Å². The summed E-state index contributed by atoms with van der Waals surface area (Å²) in [6, 6.07) is 5.66. The summed E-state index contributed by atoms with van der Waals surface area (Å²) in [5.74, 6) is 0.138. The Hall–Kier alpha value is -1.59. The van der Waals surface area contributed by atoms with Gasteiger partial charge in [0, 0.05) is 11.1 Å². The molecule has 0 bridgehead atoms. The second-order valence-electron chi connectivity index (χ2n) is 4.83. The molecule has 1 fully saturated rings. The fourth-order valence-corrected chi connectivity index (χ4v) is 2.40. The van der Waals surface area contributed by atoms with Crippen LogP contribution in [0, 0.1) is 5.41 Å². The number of hydrogen-bond donors (Lipinski definition) is 2. The highest BCUT2D eigenvalue weighted by atomic mass is 16.9. The van der Waals surface area contributed by atoms with Crippen molar-refractivity contribution in [2.24, 2.45) is 0 Å². The molecule has 0 aliphatic carbocycles. The molecule has 2 aliphatic rings. The summed E-state index contributed by atoms with van der Waals surface area (Å²) in [6.45, 7) is 4.66. The zero-order valence-corrected chi connectivity index (χ0v) is 11.2. The topological polar surface area (TPSA) is 63.6 Å². The molecule has 0 radical (unpaired) electrons. The van der Waals surface area contributed by atoms with Gasteiger partial charge in [0.25, 0.3) is 5.91 Å². The van der Waals surface area contributed by atoms with Crippen molar-refractivity contribution in [3.05, 3.63) is 29.3 Å². The first kappa shape index (κ1) is 12.4. The number of fused-ring (bicyclic) bond motifs is 2. The van der Waals surface area contributed by atoms with Crippen molar-refractivity contribution < 1.29 is 14.2 Å². The second kappa shape index (κ2) is 4.51. The van der Waals surface area contributed by atoms with Gasteiger partial charge in [-0.2, -0.15) is 0 Å². The van der Waals surface area contributed by atoms with E-state index in [4.69, 9.17) is 19.6 Å². The maximum atomic E-state index is 7.97. The molecule has 1 aromatic rings. The van der Waals surface area contributed by atoms with Gasteiger partial charge in [0.2, 0.25) is 0 Å². The van der Waals surface area contributed by atoms with Crippen molar-refractivity contribution in [1.29, 1.82) is 5.41 Å². The first-order chi connectivity index (χ1) is 9.14. The van der Waals surface area contributed by atoms with Crippen LogP contribution in [0.25, 0.3) is 0 Å². The average Bonchev–Trinajstić information content (AvgIpc) is 2.63. The quantitative estimate of drug-likeness (QED) is 0.817. The predicted molar refractivity (Wildman–Crippen MR) is 70.1 cm³/mol. The molecular formula is C14H18N2O3. The molecule has 5 nitrogen and oxygen atoms in total. The van der Waals surface area contributed by atoms with Gasteiger partial charge in [-0.1, -0.05) is 13.3 Å². The standard InChI is InChI=1S/C14H18N2O3/c1-3-4-7-17-10-5-6-12-11(8-10)13(15)16-14(12)18-9(2)19-14/h5-6,8-9H,3-4,7H2,1-2H3,(H2,15,16). The van der Waals surface area contributed by atoms with E-state index in [9.17, 15) is 0 Å². The number of amidine groups is 1. The van der Waals surface area contributed by atoms with Crippen LogP contribution < -0.4 is 10.1 Å². The summed E-state index contributed by atoms with van der Waals surface area (Å²) >= 11 is 0. The van der Waals surface area contributed by atoms with E-state index < -0.39 is 5.91 Å². The largest absolute Gasteiger partial charge is 0.494 e. The third kappa shape index (κ3) is 1.99. The van der Waals surface area contributed by atoms with Gasteiger partial charge in [-0.25, -0.2) is 0 Å². The molecule has 2 heterocycles. The van der Waals surface area contributed by atoms with Gasteiger partial charge in [0.15, 0.2) is 6.29 Å². The number of rotatable bonds is 4. The van der Waals surface area contributed by atoms with Crippen molar-refractivity contribution in [3.63, 3.8) is 0 Å². The van der Waals surface area contributed by atoms with Crippen molar-refractivity contribution in [2.75, 3.05) is 6.61 Å². The SMILES string of the molecule is CCCCOc1ccc2c(c1)C(=N)NC21OC(C)O1. The summed E-state index contributed by atoms with van der Waals surface area (Å²) in [6.07, 6.45) is 1.89. The average molecular weight is 262 g/mol. The number of unbranched alkanes of at least 4 members (excludes halogenated alkanes) is 1. The predicted octanol–water partition coefficient (Wildman–Crippen LogP) is 2.30. The molecule has 3 rings (SSSR count). The van der Waals surface area contributed by atoms with Crippen LogP contribution in [0.5, 0.6) is 5.75 Å². The van der Waals surface area contributed by atoms with Crippen LogP contribution in [0.2, 0.25) is 0 Å². The third-order valence-corrected chi connectivity index (χ3v) is 3.33. The molecule has 102 valence electrons. The molecule has 19 heavy (non-hydrogen) atoms. The summed E-state index contributed by atoms with van der Waals surface area (Å²) < 4.78 is 16.9. The van der Waals surface area contributed by atoms with Crippen LogP contribution in [0.3, 0.4) is 0 Å². The van der Waals surface area contributed by atoms with Crippen LogP contribution in [0.4, 0.5) is 0 Å². The monoisotopic (exact) mass is 262 g/mol. The lowest BCUT2D eigenvalue weighted by atomic mass is 10.1. The zero-order valence-electron chi connectivity index (χ0n) is 11.2. The van der Waals surface area contributed by atoms with Gasteiger partial charge < -0.3 is 10.1 Å². The molecule has 1 aromatic carbocycles. The summed E-state index contributed by atoms with van der Waals surface area (Å²) in [5.41, 5.74) is 1.62. The van der Waals surface area contributed by atoms with Crippen LogP contribution >= 0.6 is 0 Å². The normalized spacial score (nSPS) is 27.9.